The third kappa shape index (κ3) is 2.74. The van der Waals surface area contributed by atoms with Gasteiger partial charge in [-0.2, -0.15) is 16.1 Å². The highest BCUT2D eigenvalue weighted by molar-refractivity contribution is 7.99. The van der Waals surface area contributed by atoms with Crippen LogP contribution in [0.4, 0.5) is 5.69 Å². The Morgan fingerprint density at radius 2 is 2.24 bits per heavy atom. The molecule has 21 heavy (non-hydrogen) atoms. The number of rotatable bonds is 2. The average Bonchev–Trinajstić information content (AvgIpc) is 2.46. The maximum atomic E-state index is 13.0. The number of benzene rings is 1. The number of nitrogens with zero attached hydrogens (tertiary/aromatic N) is 1. The molecule has 2 aliphatic rings. The van der Waals surface area contributed by atoms with Crippen molar-refractivity contribution in [1.29, 1.82) is 0 Å². The maximum absolute atomic E-state index is 13.0. The first kappa shape index (κ1) is 15.0. The van der Waals surface area contributed by atoms with E-state index in [1.54, 1.807) is 16.1 Å². The first-order valence-electron chi connectivity index (χ1n) is 7.15. The SMILES string of the molecule is CC1CSCCN1S(=O)(=O)c1cc(N)cc2c1OCCC2. The number of hydrogen-bond donors (Lipinski definition) is 1. The van der Waals surface area contributed by atoms with E-state index in [1.807, 2.05) is 13.0 Å². The van der Waals surface area contributed by atoms with Gasteiger partial charge in [0.05, 0.1) is 6.61 Å². The average molecular weight is 328 g/mol. The van der Waals surface area contributed by atoms with Gasteiger partial charge in [0.15, 0.2) is 0 Å². The van der Waals surface area contributed by atoms with E-state index in [1.165, 1.54) is 6.07 Å². The van der Waals surface area contributed by atoms with E-state index in [-0.39, 0.29) is 10.9 Å². The van der Waals surface area contributed by atoms with Crippen molar-refractivity contribution < 1.29 is 13.2 Å². The van der Waals surface area contributed by atoms with E-state index >= 15 is 0 Å². The van der Waals surface area contributed by atoms with Crippen molar-refractivity contribution in [1.82, 2.24) is 4.31 Å². The van der Waals surface area contributed by atoms with Gasteiger partial charge in [0.1, 0.15) is 10.6 Å². The van der Waals surface area contributed by atoms with Gasteiger partial charge in [-0.05, 0) is 37.5 Å². The molecule has 3 rings (SSSR count). The molecule has 116 valence electrons. The highest BCUT2D eigenvalue weighted by Gasteiger charge is 2.35. The second kappa shape index (κ2) is 5.70. The van der Waals surface area contributed by atoms with Crippen LogP contribution in [0.25, 0.3) is 0 Å². The zero-order chi connectivity index (χ0) is 15.0. The first-order valence-corrected chi connectivity index (χ1v) is 9.74. The van der Waals surface area contributed by atoms with Crippen LogP contribution in [-0.4, -0.2) is 43.4 Å². The van der Waals surface area contributed by atoms with Crippen LogP contribution in [0, 0.1) is 0 Å². The number of anilines is 1. The standard InChI is InChI=1S/C14H20N2O3S2/c1-10-9-20-6-4-16(10)21(17,18)13-8-12(15)7-11-3-2-5-19-14(11)13/h7-8,10H,2-6,9,15H2,1H3. The van der Waals surface area contributed by atoms with Crippen molar-refractivity contribution in [3.05, 3.63) is 17.7 Å². The number of fused-ring (bicyclic) bond motifs is 1. The number of nitrogen functional groups attached to an aromatic ring is 1. The summed E-state index contributed by atoms with van der Waals surface area (Å²) >= 11 is 1.79. The lowest BCUT2D eigenvalue weighted by atomic mass is 10.1. The molecule has 2 heterocycles. The van der Waals surface area contributed by atoms with Gasteiger partial charge < -0.3 is 10.5 Å². The predicted octanol–water partition coefficient (Wildman–Crippen LogP) is 1.72. The Kier molecular flexibility index (Phi) is 4.07. The molecule has 2 N–H and O–H groups in total. The zero-order valence-corrected chi connectivity index (χ0v) is 13.7. The minimum atomic E-state index is -3.56. The number of ether oxygens (including phenoxy) is 1. The van der Waals surface area contributed by atoms with Crippen LogP contribution in [0.5, 0.6) is 5.75 Å². The number of hydrogen-bond acceptors (Lipinski definition) is 5. The summed E-state index contributed by atoms with van der Waals surface area (Å²) < 4.78 is 33.2. The van der Waals surface area contributed by atoms with Gasteiger partial charge in [-0.25, -0.2) is 8.42 Å². The summed E-state index contributed by atoms with van der Waals surface area (Å²) in [6.45, 7) is 3.05. The quantitative estimate of drug-likeness (QED) is 0.837. The fourth-order valence-corrected chi connectivity index (χ4v) is 5.92. The summed E-state index contributed by atoms with van der Waals surface area (Å²) in [6, 6.07) is 3.35. The van der Waals surface area contributed by atoms with Crippen LogP contribution in [0.2, 0.25) is 0 Å². The zero-order valence-electron chi connectivity index (χ0n) is 12.0. The highest BCUT2D eigenvalue weighted by atomic mass is 32.2. The molecule has 1 aromatic rings. The number of aryl methyl sites for hydroxylation is 1. The first-order chi connectivity index (χ1) is 10.00. The Morgan fingerprint density at radius 3 is 3.00 bits per heavy atom. The molecule has 1 saturated heterocycles. The fourth-order valence-electron chi connectivity index (χ4n) is 2.86. The van der Waals surface area contributed by atoms with Crippen LogP contribution in [0.15, 0.2) is 17.0 Å². The number of thioether (sulfide) groups is 1. The van der Waals surface area contributed by atoms with E-state index in [9.17, 15) is 8.42 Å². The summed E-state index contributed by atoms with van der Waals surface area (Å²) in [7, 11) is -3.56. The van der Waals surface area contributed by atoms with Gasteiger partial charge in [-0.3, -0.25) is 0 Å². The van der Waals surface area contributed by atoms with Crippen LogP contribution in [-0.2, 0) is 16.4 Å². The third-order valence-corrected chi connectivity index (χ3v) is 7.09. The Labute approximate surface area is 129 Å². The molecule has 0 radical (unpaired) electrons. The van der Waals surface area contributed by atoms with Gasteiger partial charge >= 0.3 is 0 Å². The highest BCUT2D eigenvalue weighted by Crippen LogP contribution is 2.37. The smallest absolute Gasteiger partial charge is 0.247 e. The van der Waals surface area contributed by atoms with Crippen LogP contribution in [0.1, 0.15) is 18.9 Å². The van der Waals surface area contributed by atoms with Crippen molar-refractivity contribution in [3.63, 3.8) is 0 Å². The molecular weight excluding hydrogens is 308 g/mol. The van der Waals surface area contributed by atoms with E-state index in [0.29, 0.717) is 24.6 Å². The van der Waals surface area contributed by atoms with Crippen LogP contribution < -0.4 is 10.5 Å². The molecule has 1 atom stereocenters. The lowest BCUT2D eigenvalue weighted by Crippen LogP contribution is -2.44. The van der Waals surface area contributed by atoms with Gasteiger partial charge in [0.2, 0.25) is 10.0 Å². The molecule has 1 fully saturated rings. The molecule has 2 aliphatic heterocycles. The second-order valence-corrected chi connectivity index (χ2v) is 8.51. The summed E-state index contributed by atoms with van der Waals surface area (Å²) in [4.78, 5) is 0.232. The van der Waals surface area contributed by atoms with Crippen molar-refractivity contribution in [2.24, 2.45) is 0 Å². The second-order valence-electron chi connectivity index (χ2n) is 5.50. The Morgan fingerprint density at radius 1 is 1.43 bits per heavy atom. The Balaban J connectivity index is 2.08. The van der Waals surface area contributed by atoms with E-state index in [2.05, 4.69) is 0 Å². The van der Waals surface area contributed by atoms with Crippen molar-refractivity contribution in [2.75, 3.05) is 30.4 Å². The molecule has 7 heteroatoms. The molecule has 0 spiro atoms. The van der Waals surface area contributed by atoms with Crippen molar-refractivity contribution in [2.45, 2.75) is 30.7 Å². The van der Waals surface area contributed by atoms with Crippen LogP contribution in [0.3, 0.4) is 0 Å². The summed E-state index contributed by atoms with van der Waals surface area (Å²) in [5.74, 6) is 2.15. The normalized spacial score (nSPS) is 23.4. The molecule has 0 aliphatic carbocycles. The molecular formula is C14H20N2O3S2. The molecule has 1 aromatic carbocycles. The Bertz CT molecular complexity index is 646. The summed E-state index contributed by atoms with van der Waals surface area (Å²) in [6.07, 6.45) is 1.71. The van der Waals surface area contributed by atoms with Gasteiger partial charge in [0, 0.05) is 29.8 Å². The lowest BCUT2D eigenvalue weighted by Gasteiger charge is -2.33. The minimum absolute atomic E-state index is 0.00517. The topological polar surface area (TPSA) is 72.6 Å². The monoisotopic (exact) mass is 328 g/mol. The third-order valence-electron chi connectivity index (χ3n) is 3.88. The Hall–Kier alpha value is -0.920. The van der Waals surface area contributed by atoms with Crippen molar-refractivity contribution >= 4 is 27.5 Å². The van der Waals surface area contributed by atoms with E-state index in [4.69, 9.17) is 10.5 Å². The molecule has 0 bridgehead atoms. The summed E-state index contributed by atoms with van der Waals surface area (Å²) in [5.41, 5.74) is 7.29. The summed E-state index contributed by atoms with van der Waals surface area (Å²) in [5, 5.41) is 0. The largest absolute Gasteiger partial charge is 0.492 e. The molecule has 0 aromatic heterocycles. The molecule has 0 saturated carbocycles. The predicted molar refractivity (Wildman–Crippen MR) is 85.3 cm³/mol. The van der Waals surface area contributed by atoms with Gasteiger partial charge in [-0.1, -0.05) is 0 Å². The van der Waals surface area contributed by atoms with Gasteiger partial charge in [-0.15, -0.1) is 0 Å². The minimum Gasteiger partial charge on any atom is -0.492 e. The molecule has 1 unspecified atom stereocenters. The van der Waals surface area contributed by atoms with Crippen LogP contribution >= 0.6 is 11.8 Å². The lowest BCUT2D eigenvalue weighted by molar-refractivity contribution is 0.278. The van der Waals surface area contributed by atoms with E-state index in [0.717, 1.165) is 29.9 Å². The van der Waals surface area contributed by atoms with Crippen molar-refractivity contribution in [3.8, 4) is 5.75 Å². The van der Waals surface area contributed by atoms with E-state index < -0.39 is 10.0 Å². The molecule has 0 amide bonds. The fraction of sp³-hybridized carbons (Fsp3) is 0.571. The number of nitrogens with two attached hydrogens (primary N) is 1. The van der Waals surface area contributed by atoms with Gasteiger partial charge in [0.25, 0.3) is 0 Å². The molecule has 5 nitrogen and oxygen atoms in total. The number of sulfonamides is 1. The maximum Gasteiger partial charge on any atom is 0.247 e.